The number of benzene rings is 2. The van der Waals surface area contributed by atoms with Crippen LogP contribution < -0.4 is 5.32 Å². The minimum absolute atomic E-state index is 0.123. The molecule has 2 aromatic rings. The highest BCUT2D eigenvalue weighted by atomic mass is 19.1. The highest BCUT2D eigenvalue weighted by molar-refractivity contribution is 5.48. The highest BCUT2D eigenvalue weighted by Crippen LogP contribution is 2.36. The average molecular weight is 229 g/mol. The molecule has 3 rings (SSSR count). The molecule has 2 aromatic carbocycles. The van der Waals surface area contributed by atoms with E-state index in [0.29, 0.717) is 6.54 Å². The van der Waals surface area contributed by atoms with Gasteiger partial charge in [-0.2, -0.15) is 0 Å². The Morgan fingerprint density at radius 1 is 1.18 bits per heavy atom. The molecule has 0 saturated carbocycles. The fourth-order valence-corrected chi connectivity index (χ4v) is 2.37. The zero-order valence-corrected chi connectivity index (χ0v) is 9.15. The zero-order chi connectivity index (χ0) is 11.8. The minimum atomic E-state index is -0.256. The highest BCUT2D eigenvalue weighted by Gasteiger charge is 2.26. The van der Waals surface area contributed by atoms with Crippen LogP contribution >= 0.6 is 0 Å². The summed E-state index contributed by atoms with van der Waals surface area (Å²) in [5.41, 5.74) is 2.77. The Labute approximate surface area is 98.7 Å². The molecular formula is C14H12FNO. The summed E-state index contributed by atoms with van der Waals surface area (Å²) in [6.45, 7) is 0.699. The van der Waals surface area contributed by atoms with E-state index in [1.165, 1.54) is 12.1 Å². The molecule has 0 aromatic heterocycles. The Morgan fingerprint density at radius 3 is 2.82 bits per heavy atom. The van der Waals surface area contributed by atoms with Crippen LogP contribution in [0.2, 0.25) is 0 Å². The van der Waals surface area contributed by atoms with Crippen LogP contribution in [-0.2, 0) is 6.54 Å². The maximum Gasteiger partial charge on any atom is 0.123 e. The molecule has 17 heavy (non-hydrogen) atoms. The molecule has 2 N–H and O–H groups in total. The number of hydrogen-bond acceptors (Lipinski definition) is 2. The van der Waals surface area contributed by atoms with Crippen molar-refractivity contribution in [2.24, 2.45) is 0 Å². The van der Waals surface area contributed by atoms with Crippen molar-refractivity contribution in [2.45, 2.75) is 12.6 Å². The Bertz CT molecular complexity index is 568. The second-order valence-corrected chi connectivity index (χ2v) is 4.22. The van der Waals surface area contributed by atoms with Gasteiger partial charge in [0, 0.05) is 12.1 Å². The number of halogens is 1. The average Bonchev–Trinajstić information content (AvgIpc) is 2.74. The molecule has 1 aliphatic rings. The van der Waals surface area contributed by atoms with Crippen LogP contribution in [0.15, 0.2) is 42.5 Å². The molecule has 0 amide bonds. The molecule has 0 fully saturated rings. The quantitative estimate of drug-likeness (QED) is 0.788. The molecule has 0 aliphatic carbocycles. The topological polar surface area (TPSA) is 32.3 Å². The van der Waals surface area contributed by atoms with Gasteiger partial charge in [-0.15, -0.1) is 0 Å². The van der Waals surface area contributed by atoms with Crippen LogP contribution in [0.5, 0.6) is 5.75 Å². The van der Waals surface area contributed by atoms with Gasteiger partial charge in [0.2, 0.25) is 0 Å². The molecule has 1 aliphatic heterocycles. The second kappa shape index (κ2) is 3.86. The summed E-state index contributed by atoms with van der Waals surface area (Å²) in [4.78, 5) is 0. The van der Waals surface area contributed by atoms with E-state index in [-0.39, 0.29) is 17.6 Å². The van der Waals surface area contributed by atoms with E-state index in [1.54, 1.807) is 12.1 Å². The standard InChI is InChI=1S/C14H12FNO/c15-11-5-1-3-9(7-11)14-13-10(8-16-14)4-2-6-12(13)17/h1-7,14,16-17H,8H2. The van der Waals surface area contributed by atoms with Crippen molar-refractivity contribution < 1.29 is 9.50 Å². The summed E-state index contributed by atoms with van der Waals surface area (Å²) in [5.74, 6) is 0.00920. The number of nitrogens with one attached hydrogen (secondary N) is 1. The predicted octanol–water partition coefficient (Wildman–Crippen LogP) is 2.72. The fraction of sp³-hybridized carbons (Fsp3) is 0.143. The number of aromatic hydroxyl groups is 1. The largest absolute Gasteiger partial charge is 0.508 e. The Hall–Kier alpha value is -1.87. The second-order valence-electron chi connectivity index (χ2n) is 4.22. The minimum Gasteiger partial charge on any atom is -0.508 e. The normalized spacial score (nSPS) is 18.1. The monoisotopic (exact) mass is 229 g/mol. The molecule has 0 radical (unpaired) electrons. The summed E-state index contributed by atoms with van der Waals surface area (Å²) in [6, 6.07) is 11.8. The molecule has 0 saturated heterocycles. The summed E-state index contributed by atoms with van der Waals surface area (Å²) in [6.07, 6.45) is 0. The van der Waals surface area contributed by atoms with Gasteiger partial charge in [-0.3, -0.25) is 0 Å². The van der Waals surface area contributed by atoms with Gasteiger partial charge in [-0.05, 0) is 29.3 Å². The van der Waals surface area contributed by atoms with E-state index in [1.807, 2.05) is 18.2 Å². The molecule has 1 atom stereocenters. The maximum atomic E-state index is 13.2. The molecular weight excluding hydrogens is 217 g/mol. The van der Waals surface area contributed by atoms with Crippen molar-refractivity contribution in [3.05, 3.63) is 65.0 Å². The molecule has 3 heteroatoms. The lowest BCUT2D eigenvalue weighted by Gasteiger charge is -2.13. The van der Waals surface area contributed by atoms with Crippen molar-refractivity contribution in [3.8, 4) is 5.75 Å². The lowest BCUT2D eigenvalue weighted by Crippen LogP contribution is -2.13. The van der Waals surface area contributed by atoms with Crippen LogP contribution in [0.4, 0.5) is 4.39 Å². The summed E-state index contributed by atoms with van der Waals surface area (Å²) < 4.78 is 13.2. The van der Waals surface area contributed by atoms with Crippen LogP contribution in [0, 0.1) is 5.82 Å². The van der Waals surface area contributed by atoms with Gasteiger partial charge in [0.25, 0.3) is 0 Å². The van der Waals surface area contributed by atoms with Crippen LogP contribution in [0.1, 0.15) is 22.7 Å². The van der Waals surface area contributed by atoms with Crippen LogP contribution in [0.25, 0.3) is 0 Å². The molecule has 86 valence electrons. The SMILES string of the molecule is Oc1cccc2c1C(c1cccc(F)c1)NC2. The molecule has 0 bridgehead atoms. The molecule has 1 heterocycles. The lowest BCUT2D eigenvalue weighted by atomic mass is 9.97. The van der Waals surface area contributed by atoms with Crippen molar-refractivity contribution in [3.63, 3.8) is 0 Å². The third kappa shape index (κ3) is 1.68. The van der Waals surface area contributed by atoms with Gasteiger partial charge in [0.15, 0.2) is 0 Å². The van der Waals surface area contributed by atoms with Gasteiger partial charge in [0.1, 0.15) is 11.6 Å². The lowest BCUT2D eigenvalue weighted by molar-refractivity contribution is 0.464. The van der Waals surface area contributed by atoms with E-state index in [0.717, 1.165) is 16.7 Å². The first kappa shape index (κ1) is 10.3. The first-order valence-electron chi connectivity index (χ1n) is 5.55. The van der Waals surface area contributed by atoms with Gasteiger partial charge in [-0.25, -0.2) is 4.39 Å². The summed E-state index contributed by atoms with van der Waals surface area (Å²) in [5, 5.41) is 13.2. The van der Waals surface area contributed by atoms with E-state index in [4.69, 9.17) is 0 Å². The van der Waals surface area contributed by atoms with Crippen molar-refractivity contribution in [1.29, 1.82) is 0 Å². The van der Waals surface area contributed by atoms with Gasteiger partial charge in [-0.1, -0.05) is 24.3 Å². The van der Waals surface area contributed by atoms with Crippen molar-refractivity contribution in [2.75, 3.05) is 0 Å². The van der Waals surface area contributed by atoms with Gasteiger partial charge >= 0.3 is 0 Å². The first-order valence-corrected chi connectivity index (χ1v) is 5.55. The zero-order valence-electron chi connectivity index (χ0n) is 9.15. The molecule has 1 unspecified atom stereocenters. The van der Waals surface area contributed by atoms with E-state index >= 15 is 0 Å². The first-order chi connectivity index (χ1) is 8.25. The Kier molecular flexibility index (Phi) is 2.34. The van der Waals surface area contributed by atoms with Crippen molar-refractivity contribution >= 4 is 0 Å². The third-order valence-corrected chi connectivity index (χ3v) is 3.14. The Morgan fingerprint density at radius 2 is 2.00 bits per heavy atom. The summed E-state index contributed by atoms with van der Waals surface area (Å²) in [7, 11) is 0. The smallest absolute Gasteiger partial charge is 0.123 e. The number of rotatable bonds is 1. The number of fused-ring (bicyclic) bond motifs is 1. The van der Waals surface area contributed by atoms with Crippen LogP contribution in [-0.4, -0.2) is 5.11 Å². The number of phenolic OH excluding ortho intramolecular Hbond substituents is 1. The van der Waals surface area contributed by atoms with Gasteiger partial charge in [0.05, 0.1) is 6.04 Å². The Balaban J connectivity index is 2.09. The van der Waals surface area contributed by atoms with E-state index in [2.05, 4.69) is 5.32 Å². The van der Waals surface area contributed by atoms with E-state index in [9.17, 15) is 9.50 Å². The predicted molar refractivity (Wildman–Crippen MR) is 63.2 cm³/mol. The van der Waals surface area contributed by atoms with E-state index < -0.39 is 0 Å². The third-order valence-electron chi connectivity index (χ3n) is 3.14. The van der Waals surface area contributed by atoms with Crippen LogP contribution in [0.3, 0.4) is 0 Å². The summed E-state index contributed by atoms with van der Waals surface area (Å²) >= 11 is 0. The number of hydrogen-bond donors (Lipinski definition) is 2. The molecule has 2 nitrogen and oxygen atoms in total. The van der Waals surface area contributed by atoms with Crippen molar-refractivity contribution in [1.82, 2.24) is 5.32 Å². The maximum absolute atomic E-state index is 13.2. The van der Waals surface area contributed by atoms with Gasteiger partial charge < -0.3 is 10.4 Å². The molecule has 0 spiro atoms. The fourth-order valence-electron chi connectivity index (χ4n) is 2.37. The number of phenols is 1.